The van der Waals surface area contributed by atoms with Gasteiger partial charge in [0.15, 0.2) is 0 Å². The molecular formula is C15H22ClNO. The lowest BCUT2D eigenvalue weighted by Crippen LogP contribution is -2.26. The van der Waals surface area contributed by atoms with Gasteiger partial charge in [0, 0.05) is 24.3 Å². The molecule has 0 bridgehead atoms. The molecule has 0 aliphatic heterocycles. The number of nitrogens with zero attached hydrogens (tertiary/aromatic N) is 1. The van der Waals surface area contributed by atoms with Crippen LogP contribution in [-0.4, -0.2) is 18.7 Å². The lowest BCUT2D eigenvalue weighted by Gasteiger charge is -2.28. The summed E-state index contributed by atoms with van der Waals surface area (Å²) in [5.41, 5.74) is 1.94. The van der Waals surface area contributed by atoms with E-state index in [-0.39, 0.29) is 6.61 Å². The maximum absolute atomic E-state index is 9.11. The third-order valence-corrected chi connectivity index (χ3v) is 4.26. The van der Waals surface area contributed by atoms with Crippen LogP contribution in [0.4, 0.5) is 5.69 Å². The van der Waals surface area contributed by atoms with Gasteiger partial charge in [-0.1, -0.05) is 36.9 Å². The first-order chi connectivity index (χ1) is 8.70. The Bertz CT molecular complexity index is 388. The highest BCUT2D eigenvalue weighted by atomic mass is 35.5. The minimum absolute atomic E-state index is 0.00541. The van der Waals surface area contributed by atoms with E-state index in [4.69, 9.17) is 16.7 Å². The molecule has 2 nitrogen and oxygen atoms in total. The molecule has 2 rings (SSSR count). The summed E-state index contributed by atoms with van der Waals surface area (Å²) >= 11 is 6.13. The highest BCUT2D eigenvalue weighted by Gasteiger charge is 2.16. The Balaban J connectivity index is 1.99. The van der Waals surface area contributed by atoms with E-state index in [0.717, 1.165) is 23.7 Å². The normalized spacial score (nSPS) is 16.8. The van der Waals surface area contributed by atoms with Crippen LogP contribution in [-0.2, 0) is 6.61 Å². The number of hydrogen-bond acceptors (Lipinski definition) is 2. The number of halogens is 1. The summed E-state index contributed by atoms with van der Waals surface area (Å²) in [5, 5.41) is 9.77. The fraction of sp³-hybridized carbons (Fsp3) is 0.600. The average molecular weight is 268 g/mol. The predicted octanol–water partition coefficient (Wildman–Crippen LogP) is 3.85. The van der Waals surface area contributed by atoms with Crippen molar-refractivity contribution >= 4 is 17.3 Å². The Kier molecular flexibility index (Phi) is 4.90. The van der Waals surface area contributed by atoms with Crippen molar-refractivity contribution in [2.75, 3.05) is 18.5 Å². The van der Waals surface area contributed by atoms with Crippen LogP contribution in [0.1, 0.15) is 37.7 Å². The van der Waals surface area contributed by atoms with Gasteiger partial charge in [0.1, 0.15) is 0 Å². The van der Waals surface area contributed by atoms with Crippen LogP contribution in [0.15, 0.2) is 18.2 Å². The van der Waals surface area contributed by atoms with Crippen molar-refractivity contribution in [3.63, 3.8) is 0 Å². The molecule has 3 heteroatoms. The summed E-state index contributed by atoms with van der Waals surface area (Å²) in [7, 11) is 2.12. The monoisotopic (exact) mass is 267 g/mol. The van der Waals surface area contributed by atoms with Crippen LogP contribution < -0.4 is 4.90 Å². The van der Waals surface area contributed by atoms with Crippen LogP contribution in [0.2, 0.25) is 5.02 Å². The maximum atomic E-state index is 9.11. The average Bonchev–Trinajstić information content (AvgIpc) is 2.39. The summed E-state index contributed by atoms with van der Waals surface area (Å²) in [6, 6.07) is 5.91. The highest BCUT2D eigenvalue weighted by molar-refractivity contribution is 6.31. The molecule has 0 radical (unpaired) electrons. The molecule has 0 heterocycles. The zero-order valence-corrected chi connectivity index (χ0v) is 11.8. The molecule has 100 valence electrons. The van der Waals surface area contributed by atoms with Crippen molar-refractivity contribution in [1.82, 2.24) is 0 Å². The molecule has 0 aromatic heterocycles. The number of aliphatic hydroxyl groups excluding tert-OH is 1. The number of rotatable bonds is 4. The first-order valence-electron chi connectivity index (χ1n) is 6.81. The lowest BCUT2D eigenvalue weighted by molar-refractivity contribution is 0.282. The molecule has 0 saturated heterocycles. The molecule has 0 amide bonds. The first-order valence-corrected chi connectivity index (χ1v) is 7.19. The zero-order valence-electron chi connectivity index (χ0n) is 11.0. The summed E-state index contributed by atoms with van der Waals surface area (Å²) in [4.78, 5) is 2.28. The molecule has 0 atom stereocenters. The van der Waals surface area contributed by atoms with Crippen LogP contribution in [0.25, 0.3) is 0 Å². The number of anilines is 1. The predicted molar refractivity (Wildman–Crippen MR) is 77.2 cm³/mol. The first kappa shape index (κ1) is 13.7. The van der Waals surface area contributed by atoms with Gasteiger partial charge in [-0.25, -0.2) is 0 Å². The van der Waals surface area contributed by atoms with Gasteiger partial charge < -0.3 is 10.0 Å². The van der Waals surface area contributed by atoms with E-state index in [1.807, 2.05) is 18.2 Å². The Morgan fingerprint density at radius 3 is 2.61 bits per heavy atom. The van der Waals surface area contributed by atoms with Crippen LogP contribution in [0, 0.1) is 5.92 Å². The van der Waals surface area contributed by atoms with Gasteiger partial charge in [-0.05, 0) is 36.5 Å². The minimum atomic E-state index is 0.00541. The fourth-order valence-corrected chi connectivity index (χ4v) is 3.00. The van der Waals surface area contributed by atoms with E-state index in [2.05, 4.69) is 11.9 Å². The second-order valence-corrected chi connectivity index (χ2v) is 5.73. The molecular weight excluding hydrogens is 246 g/mol. The quantitative estimate of drug-likeness (QED) is 0.896. The highest BCUT2D eigenvalue weighted by Crippen LogP contribution is 2.27. The van der Waals surface area contributed by atoms with Gasteiger partial charge in [-0.3, -0.25) is 0 Å². The van der Waals surface area contributed by atoms with E-state index in [0.29, 0.717) is 5.02 Å². The van der Waals surface area contributed by atoms with E-state index in [1.165, 1.54) is 32.1 Å². The Hall–Kier alpha value is -0.730. The Morgan fingerprint density at radius 2 is 2.00 bits per heavy atom. The second kappa shape index (κ2) is 6.44. The summed E-state index contributed by atoms with van der Waals surface area (Å²) in [5.74, 6) is 0.819. The van der Waals surface area contributed by atoms with Gasteiger partial charge >= 0.3 is 0 Å². The summed E-state index contributed by atoms with van der Waals surface area (Å²) < 4.78 is 0. The van der Waals surface area contributed by atoms with E-state index >= 15 is 0 Å². The van der Waals surface area contributed by atoms with Crippen LogP contribution in [0.5, 0.6) is 0 Å². The maximum Gasteiger partial charge on any atom is 0.0696 e. The molecule has 1 aromatic carbocycles. The molecule has 1 aliphatic carbocycles. The van der Waals surface area contributed by atoms with Crippen molar-refractivity contribution in [3.05, 3.63) is 28.8 Å². The fourth-order valence-electron chi connectivity index (χ4n) is 2.76. The van der Waals surface area contributed by atoms with Crippen LogP contribution >= 0.6 is 11.6 Å². The molecule has 1 aromatic rings. The van der Waals surface area contributed by atoms with Gasteiger partial charge in [0.2, 0.25) is 0 Å². The third kappa shape index (κ3) is 3.39. The second-order valence-electron chi connectivity index (χ2n) is 5.32. The molecule has 0 unspecified atom stereocenters. The Morgan fingerprint density at radius 1 is 1.28 bits per heavy atom. The molecule has 1 saturated carbocycles. The van der Waals surface area contributed by atoms with Gasteiger partial charge in [-0.2, -0.15) is 0 Å². The summed E-state index contributed by atoms with van der Waals surface area (Å²) in [6.07, 6.45) is 6.86. The molecule has 1 fully saturated rings. The molecule has 1 N–H and O–H groups in total. The van der Waals surface area contributed by atoms with Crippen molar-refractivity contribution in [2.45, 2.75) is 38.7 Å². The van der Waals surface area contributed by atoms with E-state index < -0.39 is 0 Å². The van der Waals surface area contributed by atoms with Gasteiger partial charge in [-0.15, -0.1) is 0 Å². The van der Waals surface area contributed by atoms with Crippen molar-refractivity contribution in [1.29, 1.82) is 0 Å². The van der Waals surface area contributed by atoms with Crippen LogP contribution in [0.3, 0.4) is 0 Å². The standard InChI is InChI=1S/C15H22ClNO/c1-17(10-12-5-3-2-4-6-12)14-8-7-13(11-18)15(16)9-14/h7-9,12,18H,2-6,10-11H2,1H3. The molecule has 18 heavy (non-hydrogen) atoms. The number of benzene rings is 1. The number of aliphatic hydroxyl groups is 1. The van der Waals surface area contributed by atoms with Crippen molar-refractivity contribution in [3.8, 4) is 0 Å². The van der Waals surface area contributed by atoms with Gasteiger partial charge in [0.05, 0.1) is 6.61 Å². The minimum Gasteiger partial charge on any atom is -0.392 e. The number of hydrogen-bond donors (Lipinski definition) is 1. The zero-order chi connectivity index (χ0) is 13.0. The largest absolute Gasteiger partial charge is 0.392 e. The molecule has 1 aliphatic rings. The Labute approximate surface area is 115 Å². The van der Waals surface area contributed by atoms with Crippen molar-refractivity contribution in [2.24, 2.45) is 5.92 Å². The van der Waals surface area contributed by atoms with E-state index in [1.54, 1.807) is 0 Å². The smallest absolute Gasteiger partial charge is 0.0696 e. The lowest BCUT2D eigenvalue weighted by atomic mass is 9.89. The summed E-state index contributed by atoms with van der Waals surface area (Å²) in [6.45, 7) is 1.11. The van der Waals surface area contributed by atoms with Crippen molar-refractivity contribution < 1.29 is 5.11 Å². The topological polar surface area (TPSA) is 23.5 Å². The van der Waals surface area contributed by atoms with Gasteiger partial charge in [0.25, 0.3) is 0 Å². The SMILES string of the molecule is CN(CC1CCCCC1)c1ccc(CO)c(Cl)c1. The van der Waals surface area contributed by atoms with E-state index in [9.17, 15) is 0 Å². The third-order valence-electron chi connectivity index (χ3n) is 3.90. The molecule has 0 spiro atoms.